The monoisotopic (exact) mass is 343 g/mol. The Bertz CT molecular complexity index is 1150. The summed E-state index contributed by atoms with van der Waals surface area (Å²) in [5.74, 6) is 0. The molecule has 5 rings (SSSR count). The normalized spacial score (nSPS) is 11.3. The van der Waals surface area contributed by atoms with Gasteiger partial charge in [0.1, 0.15) is 5.01 Å². The fourth-order valence-corrected chi connectivity index (χ4v) is 4.88. The molecular formula is C21H13NS2. The molecule has 5 aromatic rings. The average Bonchev–Trinajstić information content (AvgIpc) is 3.29. The summed E-state index contributed by atoms with van der Waals surface area (Å²) in [6, 6.07) is 24.0. The Morgan fingerprint density at radius 2 is 1.50 bits per heavy atom. The maximum atomic E-state index is 4.42. The predicted molar refractivity (Wildman–Crippen MR) is 106 cm³/mol. The zero-order valence-corrected chi connectivity index (χ0v) is 14.4. The van der Waals surface area contributed by atoms with Gasteiger partial charge in [-0.1, -0.05) is 48.5 Å². The summed E-state index contributed by atoms with van der Waals surface area (Å²) >= 11 is 3.54. The second kappa shape index (κ2) is 5.55. The number of hydrogen-bond acceptors (Lipinski definition) is 3. The number of benzene rings is 3. The number of rotatable bonds is 2. The summed E-state index contributed by atoms with van der Waals surface area (Å²) in [7, 11) is 0. The minimum atomic E-state index is 1.07. The highest BCUT2D eigenvalue weighted by Gasteiger charge is 2.07. The van der Waals surface area contributed by atoms with Gasteiger partial charge in [0.25, 0.3) is 0 Å². The van der Waals surface area contributed by atoms with Crippen molar-refractivity contribution in [2.24, 2.45) is 0 Å². The number of thiophene rings is 1. The van der Waals surface area contributed by atoms with Crippen molar-refractivity contribution < 1.29 is 0 Å². The van der Waals surface area contributed by atoms with E-state index in [1.165, 1.54) is 36.9 Å². The van der Waals surface area contributed by atoms with Crippen molar-refractivity contribution in [2.75, 3.05) is 0 Å². The third-order valence-corrected chi connectivity index (χ3v) is 6.21. The number of nitrogens with zero attached hydrogens (tertiary/aromatic N) is 1. The highest BCUT2D eigenvalue weighted by atomic mass is 32.1. The lowest BCUT2D eigenvalue weighted by atomic mass is 10.0. The van der Waals surface area contributed by atoms with E-state index in [2.05, 4.69) is 71.7 Å². The maximum absolute atomic E-state index is 4.42. The summed E-state index contributed by atoms with van der Waals surface area (Å²) in [4.78, 5) is 4.42. The van der Waals surface area contributed by atoms with Gasteiger partial charge in [-0.05, 0) is 29.3 Å². The van der Waals surface area contributed by atoms with Crippen LogP contribution < -0.4 is 0 Å². The van der Waals surface area contributed by atoms with Gasteiger partial charge in [0, 0.05) is 37.3 Å². The Morgan fingerprint density at radius 1 is 0.667 bits per heavy atom. The van der Waals surface area contributed by atoms with Crippen molar-refractivity contribution in [1.82, 2.24) is 4.98 Å². The van der Waals surface area contributed by atoms with Crippen LogP contribution >= 0.6 is 22.7 Å². The molecular weight excluding hydrogens is 330 g/mol. The van der Waals surface area contributed by atoms with Gasteiger partial charge in [-0.15, -0.1) is 22.7 Å². The van der Waals surface area contributed by atoms with Crippen molar-refractivity contribution in [1.29, 1.82) is 0 Å². The molecule has 0 bridgehead atoms. The molecule has 3 heteroatoms. The fourth-order valence-electron chi connectivity index (χ4n) is 3.10. The van der Waals surface area contributed by atoms with E-state index in [9.17, 15) is 0 Å². The minimum absolute atomic E-state index is 1.07. The van der Waals surface area contributed by atoms with Gasteiger partial charge in [-0.25, -0.2) is 4.98 Å². The van der Waals surface area contributed by atoms with E-state index >= 15 is 0 Å². The Kier molecular flexibility index (Phi) is 3.21. The summed E-state index contributed by atoms with van der Waals surface area (Å²) in [6.07, 6.45) is 1.86. The van der Waals surface area contributed by atoms with Crippen LogP contribution in [0.5, 0.6) is 0 Å². The summed E-state index contributed by atoms with van der Waals surface area (Å²) in [6.45, 7) is 0. The van der Waals surface area contributed by atoms with Crippen LogP contribution in [0, 0.1) is 0 Å². The Balaban J connectivity index is 1.66. The first kappa shape index (κ1) is 13.9. The molecule has 3 aromatic carbocycles. The van der Waals surface area contributed by atoms with Crippen LogP contribution in [0.15, 0.2) is 78.3 Å². The van der Waals surface area contributed by atoms with E-state index in [1.54, 1.807) is 11.3 Å². The molecule has 114 valence electrons. The standard InChI is InChI=1S/C21H13NS2/c1-2-7-19-17(6-1)18-9-8-15(13-20(18)24-19)14-4-3-5-16(12-14)21-22-10-11-23-21/h1-13H. The summed E-state index contributed by atoms with van der Waals surface area (Å²) in [5, 5.41) is 5.78. The molecule has 0 aliphatic carbocycles. The van der Waals surface area contributed by atoms with Gasteiger partial charge in [0.15, 0.2) is 0 Å². The molecule has 0 radical (unpaired) electrons. The molecule has 0 fully saturated rings. The number of thiazole rings is 1. The second-order valence-electron chi connectivity index (χ2n) is 5.73. The van der Waals surface area contributed by atoms with Crippen LogP contribution in [0.3, 0.4) is 0 Å². The first-order valence-corrected chi connectivity index (χ1v) is 9.50. The van der Waals surface area contributed by atoms with Crippen LogP contribution in [0.2, 0.25) is 0 Å². The van der Waals surface area contributed by atoms with Gasteiger partial charge < -0.3 is 0 Å². The van der Waals surface area contributed by atoms with E-state index in [-0.39, 0.29) is 0 Å². The van der Waals surface area contributed by atoms with Crippen molar-refractivity contribution in [2.45, 2.75) is 0 Å². The van der Waals surface area contributed by atoms with Crippen LogP contribution in [-0.2, 0) is 0 Å². The number of aromatic nitrogens is 1. The van der Waals surface area contributed by atoms with E-state index in [4.69, 9.17) is 0 Å². The maximum Gasteiger partial charge on any atom is 0.123 e. The van der Waals surface area contributed by atoms with Crippen LogP contribution in [0.4, 0.5) is 0 Å². The first-order chi connectivity index (χ1) is 11.9. The molecule has 0 amide bonds. The minimum Gasteiger partial charge on any atom is -0.245 e. The van der Waals surface area contributed by atoms with Gasteiger partial charge in [0.2, 0.25) is 0 Å². The highest BCUT2D eigenvalue weighted by molar-refractivity contribution is 7.25. The molecule has 2 heterocycles. The molecule has 0 aliphatic heterocycles. The smallest absolute Gasteiger partial charge is 0.123 e. The molecule has 24 heavy (non-hydrogen) atoms. The van der Waals surface area contributed by atoms with Crippen LogP contribution in [0.1, 0.15) is 0 Å². The molecule has 0 aliphatic rings. The second-order valence-corrected chi connectivity index (χ2v) is 7.71. The SMILES string of the molecule is c1cc(-c2ccc3c(c2)sc2ccccc23)cc(-c2nccs2)c1. The quantitative estimate of drug-likeness (QED) is 0.342. The highest BCUT2D eigenvalue weighted by Crippen LogP contribution is 2.36. The fraction of sp³-hybridized carbons (Fsp3) is 0. The van der Waals surface area contributed by atoms with Gasteiger partial charge in [-0.2, -0.15) is 0 Å². The molecule has 1 nitrogen and oxygen atoms in total. The third-order valence-electron chi connectivity index (χ3n) is 4.25. The summed E-state index contributed by atoms with van der Waals surface area (Å²) in [5.41, 5.74) is 3.67. The lowest BCUT2D eigenvalue weighted by molar-refractivity contribution is 1.41. The Hall–Kier alpha value is -2.49. The van der Waals surface area contributed by atoms with Gasteiger partial charge in [0.05, 0.1) is 0 Å². The Morgan fingerprint density at radius 3 is 2.42 bits per heavy atom. The van der Waals surface area contributed by atoms with Crippen LogP contribution in [0.25, 0.3) is 41.9 Å². The van der Waals surface area contributed by atoms with Crippen molar-refractivity contribution in [3.63, 3.8) is 0 Å². The molecule has 0 spiro atoms. The lowest BCUT2D eigenvalue weighted by Gasteiger charge is -2.04. The number of fused-ring (bicyclic) bond motifs is 3. The van der Waals surface area contributed by atoms with E-state index in [1.807, 2.05) is 22.9 Å². The molecule has 0 unspecified atom stereocenters. The number of hydrogen-bond donors (Lipinski definition) is 0. The van der Waals surface area contributed by atoms with Crippen molar-refractivity contribution in [3.8, 4) is 21.7 Å². The topological polar surface area (TPSA) is 12.9 Å². The third kappa shape index (κ3) is 2.25. The summed E-state index contributed by atoms with van der Waals surface area (Å²) < 4.78 is 2.69. The van der Waals surface area contributed by atoms with Crippen molar-refractivity contribution in [3.05, 3.63) is 78.3 Å². The first-order valence-electron chi connectivity index (χ1n) is 7.80. The van der Waals surface area contributed by atoms with Gasteiger partial charge in [-0.3, -0.25) is 0 Å². The molecule has 0 atom stereocenters. The predicted octanol–water partition coefficient (Wildman–Crippen LogP) is 6.85. The molecule has 2 aromatic heterocycles. The van der Waals surface area contributed by atoms with Crippen LogP contribution in [-0.4, -0.2) is 4.98 Å². The van der Waals surface area contributed by atoms with Crippen molar-refractivity contribution >= 4 is 42.8 Å². The zero-order valence-electron chi connectivity index (χ0n) is 12.8. The van der Waals surface area contributed by atoms with E-state index in [0.717, 1.165) is 5.01 Å². The molecule has 0 saturated heterocycles. The largest absolute Gasteiger partial charge is 0.245 e. The van der Waals surface area contributed by atoms with E-state index < -0.39 is 0 Å². The average molecular weight is 343 g/mol. The Labute approximate surface area is 147 Å². The lowest BCUT2D eigenvalue weighted by Crippen LogP contribution is -1.80. The molecule has 0 N–H and O–H groups in total. The van der Waals surface area contributed by atoms with Gasteiger partial charge >= 0.3 is 0 Å². The molecule has 0 saturated carbocycles. The van der Waals surface area contributed by atoms with E-state index in [0.29, 0.717) is 0 Å². The zero-order chi connectivity index (χ0) is 15.9.